The molecule has 27 heavy (non-hydrogen) atoms. The zero-order chi connectivity index (χ0) is 20.8. The lowest BCUT2D eigenvalue weighted by atomic mass is 10.1. The average molecular weight is 495 g/mol. The largest absolute Gasteiger partial charge is 0.391 e. The maximum Gasteiger partial charge on any atom is 0.200 e. The summed E-state index contributed by atoms with van der Waals surface area (Å²) in [5.74, 6) is -10.2. The summed E-state index contributed by atoms with van der Waals surface area (Å²) >= 11 is 15.6. The molecule has 0 aliphatic heterocycles. The van der Waals surface area contributed by atoms with E-state index in [4.69, 9.17) is 23.2 Å². The van der Waals surface area contributed by atoms with E-state index in [0.717, 1.165) is 6.21 Å². The van der Waals surface area contributed by atoms with E-state index in [1.165, 1.54) is 6.08 Å². The molecule has 150 valence electrons. The van der Waals surface area contributed by atoms with E-state index in [0.29, 0.717) is 10.9 Å². The van der Waals surface area contributed by atoms with Crippen molar-refractivity contribution in [1.82, 2.24) is 0 Å². The average Bonchev–Trinajstić information content (AvgIpc) is 2.64. The molecule has 0 aliphatic rings. The summed E-state index contributed by atoms with van der Waals surface area (Å²) in [6.45, 7) is 2.56. The number of hydrogen-bond donors (Lipinski definition) is 0. The van der Waals surface area contributed by atoms with Gasteiger partial charge in [-0.1, -0.05) is 33.2 Å². The first kappa shape index (κ1) is 23.9. The molecule has 0 aromatic heterocycles. The first-order valence-corrected chi connectivity index (χ1v) is 9.36. The van der Waals surface area contributed by atoms with Gasteiger partial charge in [-0.2, -0.15) is 0 Å². The Hall–Kier alpha value is -1.12. The summed E-state index contributed by atoms with van der Waals surface area (Å²) in [6, 6.07) is 0. The summed E-state index contributed by atoms with van der Waals surface area (Å²) < 4.78 is 65.9. The van der Waals surface area contributed by atoms with Gasteiger partial charge < -0.3 is 4.84 Å². The Morgan fingerprint density at radius 3 is 2.19 bits per heavy atom. The smallest absolute Gasteiger partial charge is 0.200 e. The Bertz CT molecular complexity index is 739. The van der Waals surface area contributed by atoms with Crippen LogP contribution in [0.2, 0.25) is 0 Å². The van der Waals surface area contributed by atoms with Crippen molar-refractivity contribution in [3.05, 3.63) is 58.5 Å². The number of oxime groups is 1. The molecule has 0 aliphatic carbocycles. The fourth-order valence-electron chi connectivity index (χ4n) is 1.64. The number of alkyl halides is 3. The van der Waals surface area contributed by atoms with Crippen molar-refractivity contribution in [3.8, 4) is 0 Å². The van der Waals surface area contributed by atoms with Crippen LogP contribution in [0.1, 0.15) is 19.4 Å². The molecular weight excluding hydrogens is 480 g/mol. The summed E-state index contributed by atoms with van der Waals surface area (Å²) in [6.07, 6.45) is 5.99. The van der Waals surface area contributed by atoms with Crippen LogP contribution in [0.5, 0.6) is 0 Å². The highest BCUT2D eigenvalue weighted by Crippen LogP contribution is 2.27. The highest BCUT2D eigenvalue weighted by molar-refractivity contribution is 9.09. The van der Waals surface area contributed by atoms with E-state index in [1.54, 1.807) is 26.0 Å². The Labute approximate surface area is 171 Å². The molecule has 1 aromatic rings. The minimum absolute atomic E-state index is 0.454. The predicted octanol–water partition coefficient (Wildman–Crippen LogP) is 6.39. The lowest BCUT2D eigenvalue weighted by molar-refractivity contribution is 0.124. The van der Waals surface area contributed by atoms with Gasteiger partial charge in [-0.25, -0.2) is 22.0 Å². The number of hydrogen-bond acceptors (Lipinski definition) is 2. The molecule has 0 fully saturated rings. The maximum absolute atomic E-state index is 13.4. The van der Waals surface area contributed by atoms with Crippen LogP contribution in [0.15, 0.2) is 29.0 Å². The summed E-state index contributed by atoms with van der Waals surface area (Å²) in [5.41, 5.74) is -0.406. The van der Waals surface area contributed by atoms with E-state index in [1.807, 2.05) is 0 Å². The van der Waals surface area contributed by atoms with Gasteiger partial charge in [0.2, 0.25) is 5.82 Å². The van der Waals surface area contributed by atoms with Gasteiger partial charge in [0.1, 0.15) is 6.61 Å². The first-order valence-electron chi connectivity index (χ1n) is 7.42. The van der Waals surface area contributed by atoms with E-state index in [2.05, 4.69) is 25.9 Å². The molecule has 2 atom stereocenters. The second-order valence-electron chi connectivity index (χ2n) is 5.66. The minimum atomic E-state index is -2.23. The third kappa shape index (κ3) is 6.47. The Morgan fingerprint density at radius 1 is 1.15 bits per heavy atom. The van der Waals surface area contributed by atoms with Gasteiger partial charge in [0.05, 0.1) is 22.0 Å². The zero-order valence-corrected chi connectivity index (χ0v) is 17.3. The minimum Gasteiger partial charge on any atom is -0.391 e. The predicted molar refractivity (Wildman–Crippen MR) is 100 cm³/mol. The maximum atomic E-state index is 13.4. The quantitative estimate of drug-likeness (QED) is 0.0780. The van der Waals surface area contributed by atoms with Crippen molar-refractivity contribution in [2.45, 2.75) is 30.7 Å². The number of halogens is 8. The van der Waals surface area contributed by atoms with Crippen molar-refractivity contribution in [1.29, 1.82) is 0 Å². The monoisotopic (exact) mass is 493 g/mol. The normalized spacial score (nSPS) is 16.1. The van der Waals surface area contributed by atoms with Crippen molar-refractivity contribution in [2.24, 2.45) is 5.16 Å². The summed E-state index contributed by atoms with van der Waals surface area (Å²) in [5, 5.41) is 3.42. The second kappa shape index (κ2) is 10.4. The number of nitrogens with zero attached hydrogens (tertiary/aromatic N) is 1. The van der Waals surface area contributed by atoms with Crippen LogP contribution in [0.3, 0.4) is 0 Å². The van der Waals surface area contributed by atoms with E-state index >= 15 is 0 Å². The molecule has 0 heterocycles. The zero-order valence-electron chi connectivity index (χ0n) is 14.2. The second-order valence-corrected chi connectivity index (χ2v) is 7.55. The van der Waals surface area contributed by atoms with Crippen LogP contribution in [0.25, 0.3) is 0 Å². The molecule has 0 unspecified atom stereocenters. The molecule has 0 amide bonds. The standard InChI is InChI=1S/C17H15BrCl2F5NO/c1-9(3-4-11(19)17(2,20)8-18)5-6-26-27-7-10-12(21)14(23)16(25)15(24)13(10)22/h3-6,11H,7-8H2,1-2H3/b4-3+,9-5+,26-6+/t11-,17+/m1/s1. The number of benzene rings is 1. The van der Waals surface area contributed by atoms with Gasteiger partial charge in [0, 0.05) is 5.33 Å². The number of allylic oxidation sites excluding steroid dienone is 4. The fraction of sp³-hybridized carbons (Fsp3) is 0.353. The van der Waals surface area contributed by atoms with Crippen molar-refractivity contribution in [2.75, 3.05) is 5.33 Å². The summed E-state index contributed by atoms with van der Waals surface area (Å²) in [4.78, 5) is 3.91. The van der Waals surface area contributed by atoms with Crippen LogP contribution >= 0.6 is 39.1 Å². The lowest BCUT2D eigenvalue weighted by Gasteiger charge is -2.22. The molecule has 1 rings (SSSR count). The third-order valence-corrected chi connectivity index (χ3v) is 5.94. The van der Waals surface area contributed by atoms with Crippen LogP contribution in [-0.2, 0) is 11.4 Å². The van der Waals surface area contributed by atoms with E-state index in [9.17, 15) is 22.0 Å². The van der Waals surface area contributed by atoms with Crippen molar-refractivity contribution >= 4 is 45.3 Å². The van der Waals surface area contributed by atoms with Crippen molar-refractivity contribution in [3.63, 3.8) is 0 Å². The molecule has 2 nitrogen and oxygen atoms in total. The van der Waals surface area contributed by atoms with Gasteiger partial charge in [0.15, 0.2) is 23.3 Å². The van der Waals surface area contributed by atoms with Gasteiger partial charge in [-0.05, 0) is 25.5 Å². The third-order valence-electron chi connectivity index (χ3n) is 3.35. The molecular formula is C17H15BrCl2F5NO. The van der Waals surface area contributed by atoms with Crippen LogP contribution in [0, 0.1) is 29.1 Å². The Kier molecular flexibility index (Phi) is 9.24. The summed E-state index contributed by atoms with van der Waals surface area (Å²) in [7, 11) is 0. The molecule has 0 saturated heterocycles. The van der Waals surface area contributed by atoms with Gasteiger partial charge in [0.25, 0.3) is 0 Å². The van der Waals surface area contributed by atoms with E-state index < -0.39 is 51.5 Å². The Balaban J connectivity index is 2.70. The molecule has 0 radical (unpaired) electrons. The van der Waals surface area contributed by atoms with Crippen LogP contribution < -0.4 is 0 Å². The molecule has 10 heteroatoms. The topological polar surface area (TPSA) is 21.6 Å². The van der Waals surface area contributed by atoms with Gasteiger partial charge in [-0.3, -0.25) is 0 Å². The SMILES string of the molecule is CC(/C=C/[C@@H](Cl)[C@@](C)(Cl)CBr)=C\C=N\OCc1c(F)c(F)c(F)c(F)c1F. The molecule has 1 aromatic carbocycles. The molecule has 0 spiro atoms. The molecule has 0 bridgehead atoms. The highest BCUT2D eigenvalue weighted by atomic mass is 79.9. The van der Waals surface area contributed by atoms with E-state index in [-0.39, 0.29) is 0 Å². The van der Waals surface area contributed by atoms with Gasteiger partial charge in [-0.15, -0.1) is 23.2 Å². The highest BCUT2D eigenvalue weighted by Gasteiger charge is 2.27. The van der Waals surface area contributed by atoms with Gasteiger partial charge >= 0.3 is 0 Å². The van der Waals surface area contributed by atoms with Crippen molar-refractivity contribution < 1.29 is 26.8 Å². The first-order chi connectivity index (χ1) is 12.5. The molecule has 0 saturated carbocycles. The fourth-order valence-corrected chi connectivity index (χ4v) is 2.39. The number of rotatable bonds is 8. The lowest BCUT2D eigenvalue weighted by Crippen LogP contribution is -2.29. The molecule has 0 N–H and O–H groups in total. The van der Waals surface area contributed by atoms with Crippen LogP contribution in [0.4, 0.5) is 22.0 Å². The Morgan fingerprint density at radius 2 is 1.67 bits per heavy atom. The van der Waals surface area contributed by atoms with Crippen LogP contribution in [-0.4, -0.2) is 21.8 Å².